The van der Waals surface area contributed by atoms with E-state index in [0.29, 0.717) is 31.1 Å². The minimum atomic E-state index is -0.169. The number of benzene rings is 1. The van der Waals surface area contributed by atoms with Crippen LogP contribution in [0.5, 0.6) is 5.75 Å². The zero-order valence-electron chi connectivity index (χ0n) is 11.6. The third-order valence-corrected chi connectivity index (χ3v) is 3.32. The molecule has 0 saturated carbocycles. The maximum atomic E-state index is 12.2. The molecule has 1 N–H and O–H groups in total. The predicted octanol–water partition coefficient (Wildman–Crippen LogP) is 2.85. The lowest BCUT2D eigenvalue weighted by Crippen LogP contribution is -2.42. The molecule has 0 aromatic heterocycles. The van der Waals surface area contributed by atoms with Gasteiger partial charge in [0.05, 0.1) is 24.3 Å². The Kier molecular flexibility index (Phi) is 4.83. The summed E-state index contributed by atoms with van der Waals surface area (Å²) in [5.41, 5.74) is 0.665. The number of anilines is 1. The number of ether oxygens (including phenoxy) is 1. The zero-order chi connectivity index (χ0) is 14.4. The van der Waals surface area contributed by atoms with E-state index in [9.17, 15) is 4.79 Å². The Hall–Kier alpha value is -2.22. The number of carbonyl (C=O) groups is 1. The molecule has 1 unspecified atom stereocenters. The quantitative estimate of drug-likeness (QED) is 0.921. The van der Waals surface area contributed by atoms with Crippen LogP contribution in [0.4, 0.5) is 10.5 Å². The summed E-state index contributed by atoms with van der Waals surface area (Å²) in [4.78, 5) is 13.9. The van der Waals surface area contributed by atoms with E-state index in [1.807, 2.05) is 31.2 Å². The molecule has 2 rings (SSSR count). The summed E-state index contributed by atoms with van der Waals surface area (Å²) in [6.45, 7) is 3.65. The van der Waals surface area contributed by atoms with Gasteiger partial charge in [0.15, 0.2) is 0 Å². The van der Waals surface area contributed by atoms with Crippen molar-refractivity contribution in [2.75, 3.05) is 25.0 Å². The molecule has 20 heavy (non-hydrogen) atoms. The number of nitrogens with one attached hydrogen (secondary N) is 1. The van der Waals surface area contributed by atoms with Gasteiger partial charge in [0.25, 0.3) is 0 Å². The lowest BCUT2D eigenvalue weighted by Gasteiger charge is -2.29. The first-order chi connectivity index (χ1) is 9.74. The number of amides is 2. The van der Waals surface area contributed by atoms with Crippen LogP contribution in [0.25, 0.3) is 0 Å². The molecule has 5 heteroatoms. The molecule has 0 spiro atoms. The van der Waals surface area contributed by atoms with E-state index >= 15 is 0 Å². The van der Waals surface area contributed by atoms with Gasteiger partial charge in [-0.05, 0) is 31.9 Å². The Balaban J connectivity index is 2.02. The van der Waals surface area contributed by atoms with Gasteiger partial charge in [0.2, 0.25) is 0 Å². The summed E-state index contributed by atoms with van der Waals surface area (Å²) in [5.74, 6) is 0.605. The molecule has 5 nitrogen and oxygen atoms in total. The van der Waals surface area contributed by atoms with E-state index in [1.54, 1.807) is 4.90 Å². The van der Waals surface area contributed by atoms with Crippen molar-refractivity contribution in [3.8, 4) is 11.8 Å². The Morgan fingerprint density at radius 1 is 1.55 bits per heavy atom. The molecular formula is C15H19N3O2. The van der Waals surface area contributed by atoms with E-state index in [-0.39, 0.29) is 11.9 Å². The number of urea groups is 1. The molecule has 0 aliphatic carbocycles. The van der Waals surface area contributed by atoms with E-state index in [4.69, 9.17) is 10.00 Å². The maximum absolute atomic E-state index is 12.2. The first-order valence-electron chi connectivity index (χ1n) is 6.92. The van der Waals surface area contributed by atoms with Crippen LogP contribution in [0.3, 0.4) is 0 Å². The van der Waals surface area contributed by atoms with Crippen molar-refractivity contribution in [2.24, 2.45) is 5.92 Å². The van der Waals surface area contributed by atoms with E-state index in [1.165, 1.54) is 0 Å². The van der Waals surface area contributed by atoms with Gasteiger partial charge in [-0.1, -0.05) is 12.1 Å². The number of nitrogens with zero attached hydrogens (tertiary/aromatic N) is 2. The number of para-hydroxylation sites is 2. The topological polar surface area (TPSA) is 65.4 Å². The van der Waals surface area contributed by atoms with Crippen molar-refractivity contribution < 1.29 is 9.53 Å². The second-order valence-corrected chi connectivity index (χ2v) is 4.77. The summed E-state index contributed by atoms with van der Waals surface area (Å²) < 4.78 is 5.48. The van der Waals surface area contributed by atoms with Crippen molar-refractivity contribution >= 4 is 11.7 Å². The van der Waals surface area contributed by atoms with Crippen LogP contribution in [0, 0.1) is 17.2 Å². The molecule has 1 saturated heterocycles. The first-order valence-corrected chi connectivity index (χ1v) is 6.92. The van der Waals surface area contributed by atoms with Crippen molar-refractivity contribution in [1.29, 1.82) is 5.26 Å². The van der Waals surface area contributed by atoms with Crippen LogP contribution in [0.2, 0.25) is 0 Å². The highest BCUT2D eigenvalue weighted by molar-refractivity contribution is 5.91. The minimum absolute atomic E-state index is 0.0587. The summed E-state index contributed by atoms with van der Waals surface area (Å²) in [5, 5.41) is 11.8. The number of likely N-dealkylation sites (tertiary alicyclic amines) is 1. The Bertz CT molecular complexity index is 510. The largest absolute Gasteiger partial charge is 0.492 e. The SMILES string of the molecule is CCOc1ccccc1NC(=O)N1CCCC(C#N)C1. The fourth-order valence-electron chi connectivity index (χ4n) is 2.31. The monoisotopic (exact) mass is 273 g/mol. The Morgan fingerprint density at radius 2 is 2.35 bits per heavy atom. The van der Waals surface area contributed by atoms with Gasteiger partial charge in [-0.25, -0.2) is 4.79 Å². The van der Waals surface area contributed by atoms with Gasteiger partial charge in [-0.15, -0.1) is 0 Å². The van der Waals surface area contributed by atoms with Crippen LogP contribution >= 0.6 is 0 Å². The van der Waals surface area contributed by atoms with E-state index < -0.39 is 0 Å². The van der Waals surface area contributed by atoms with Crippen LogP contribution in [0.1, 0.15) is 19.8 Å². The van der Waals surface area contributed by atoms with E-state index in [2.05, 4.69) is 11.4 Å². The molecular weight excluding hydrogens is 254 g/mol. The fourth-order valence-corrected chi connectivity index (χ4v) is 2.31. The summed E-state index contributed by atoms with van der Waals surface area (Å²) in [6, 6.07) is 9.43. The molecule has 1 heterocycles. The van der Waals surface area contributed by atoms with Crippen molar-refractivity contribution in [1.82, 2.24) is 4.90 Å². The van der Waals surface area contributed by atoms with Gasteiger partial charge >= 0.3 is 6.03 Å². The second-order valence-electron chi connectivity index (χ2n) is 4.77. The summed E-state index contributed by atoms with van der Waals surface area (Å²) >= 11 is 0. The smallest absolute Gasteiger partial charge is 0.321 e. The summed E-state index contributed by atoms with van der Waals surface area (Å²) in [6.07, 6.45) is 1.74. The maximum Gasteiger partial charge on any atom is 0.321 e. The molecule has 0 bridgehead atoms. The van der Waals surface area contributed by atoms with Crippen LogP contribution in [-0.4, -0.2) is 30.6 Å². The fraction of sp³-hybridized carbons (Fsp3) is 0.467. The van der Waals surface area contributed by atoms with Gasteiger partial charge in [-0.3, -0.25) is 0 Å². The standard InChI is InChI=1S/C15H19N3O2/c1-2-20-14-8-4-3-7-13(14)17-15(19)18-9-5-6-12(10-16)11-18/h3-4,7-8,12H,2,5-6,9,11H2,1H3,(H,17,19). The molecule has 106 valence electrons. The normalized spacial score (nSPS) is 18.2. The lowest BCUT2D eigenvalue weighted by molar-refractivity contribution is 0.189. The highest BCUT2D eigenvalue weighted by Crippen LogP contribution is 2.25. The van der Waals surface area contributed by atoms with Crippen LogP contribution < -0.4 is 10.1 Å². The molecule has 1 aliphatic rings. The van der Waals surface area contributed by atoms with Crippen LogP contribution in [-0.2, 0) is 0 Å². The lowest BCUT2D eigenvalue weighted by atomic mass is 10.0. The summed E-state index contributed by atoms with van der Waals surface area (Å²) in [7, 11) is 0. The second kappa shape index (κ2) is 6.80. The zero-order valence-corrected chi connectivity index (χ0v) is 11.6. The van der Waals surface area contributed by atoms with Crippen molar-refractivity contribution in [2.45, 2.75) is 19.8 Å². The number of rotatable bonds is 3. The third-order valence-electron chi connectivity index (χ3n) is 3.32. The number of hydrogen-bond acceptors (Lipinski definition) is 3. The molecule has 1 aromatic carbocycles. The Morgan fingerprint density at radius 3 is 3.10 bits per heavy atom. The average molecular weight is 273 g/mol. The molecule has 0 radical (unpaired) electrons. The minimum Gasteiger partial charge on any atom is -0.492 e. The number of hydrogen-bond donors (Lipinski definition) is 1. The highest BCUT2D eigenvalue weighted by Gasteiger charge is 2.23. The number of nitriles is 1. The molecule has 1 fully saturated rings. The number of carbonyl (C=O) groups excluding carboxylic acids is 1. The molecule has 1 atom stereocenters. The Labute approximate surface area is 119 Å². The van der Waals surface area contributed by atoms with Gasteiger partial charge in [0, 0.05) is 13.1 Å². The average Bonchev–Trinajstić information content (AvgIpc) is 2.49. The molecule has 2 amide bonds. The van der Waals surface area contributed by atoms with Gasteiger partial charge in [0.1, 0.15) is 5.75 Å². The van der Waals surface area contributed by atoms with E-state index in [0.717, 1.165) is 12.8 Å². The van der Waals surface area contributed by atoms with Gasteiger partial charge < -0.3 is 15.0 Å². The van der Waals surface area contributed by atoms with Crippen LogP contribution in [0.15, 0.2) is 24.3 Å². The van der Waals surface area contributed by atoms with Gasteiger partial charge in [-0.2, -0.15) is 5.26 Å². The van der Waals surface area contributed by atoms with Crippen molar-refractivity contribution in [3.05, 3.63) is 24.3 Å². The third kappa shape index (κ3) is 3.41. The predicted molar refractivity (Wildman–Crippen MR) is 76.5 cm³/mol. The van der Waals surface area contributed by atoms with Crippen molar-refractivity contribution in [3.63, 3.8) is 0 Å². The highest BCUT2D eigenvalue weighted by atomic mass is 16.5. The number of piperidine rings is 1. The first kappa shape index (κ1) is 14.2. The molecule has 1 aliphatic heterocycles. The molecule has 1 aromatic rings.